The number of carbonyl (C=O) groups is 1. The van der Waals surface area contributed by atoms with Crippen LogP contribution >= 0.6 is 11.8 Å². The molecule has 1 aromatic carbocycles. The van der Waals surface area contributed by atoms with Gasteiger partial charge in [-0.3, -0.25) is 4.79 Å². The number of hydrogen-bond donors (Lipinski definition) is 0. The second-order valence-electron chi connectivity index (χ2n) is 5.29. The standard InChI is InChI=1S/C15H22N2OS/c1-12(2)19-14-6-4-13(5-7-14)15(18)17-10-8-16(3)9-11-17/h4-7,12H,8-11H2,1-3H3. The zero-order chi connectivity index (χ0) is 13.8. The third-order valence-corrected chi connectivity index (χ3v) is 4.28. The molecule has 4 heteroatoms. The van der Waals surface area contributed by atoms with Crippen LogP contribution in [0.3, 0.4) is 0 Å². The Kier molecular flexibility index (Phi) is 4.88. The van der Waals surface area contributed by atoms with Crippen molar-refractivity contribution in [1.82, 2.24) is 9.80 Å². The normalized spacial score (nSPS) is 16.9. The molecule has 1 fully saturated rings. The first-order valence-corrected chi connectivity index (χ1v) is 7.69. The Morgan fingerprint density at radius 2 is 1.68 bits per heavy atom. The average molecular weight is 278 g/mol. The molecule has 1 aromatic rings. The highest BCUT2D eigenvalue weighted by molar-refractivity contribution is 7.99. The van der Waals surface area contributed by atoms with Crippen LogP contribution in [0, 0.1) is 0 Å². The summed E-state index contributed by atoms with van der Waals surface area (Å²) in [5.74, 6) is 0.161. The summed E-state index contributed by atoms with van der Waals surface area (Å²) in [6.45, 7) is 7.94. The topological polar surface area (TPSA) is 23.6 Å². The van der Waals surface area contributed by atoms with Crippen molar-refractivity contribution in [2.75, 3.05) is 33.2 Å². The number of benzene rings is 1. The molecule has 1 saturated heterocycles. The molecule has 1 aliphatic heterocycles. The molecule has 0 radical (unpaired) electrons. The number of likely N-dealkylation sites (N-methyl/N-ethyl adjacent to an activating group) is 1. The van der Waals surface area contributed by atoms with Crippen molar-refractivity contribution in [2.24, 2.45) is 0 Å². The van der Waals surface area contributed by atoms with Crippen molar-refractivity contribution >= 4 is 17.7 Å². The van der Waals surface area contributed by atoms with Crippen LogP contribution in [0.5, 0.6) is 0 Å². The second-order valence-corrected chi connectivity index (χ2v) is 6.94. The molecule has 0 aromatic heterocycles. The lowest BCUT2D eigenvalue weighted by molar-refractivity contribution is 0.0664. The number of hydrogen-bond acceptors (Lipinski definition) is 3. The highest BCUT2D eigenvalue weighted by Gasteiger charge is 2.20. The molecule has 0 spiro atoms. The molecular formula is C15H22N2OS. The third-order valence-electron chi connectivity index (χ3n) is 3.26. The van der Waals surface area contributed by atoms with Crippen LogP contribution in [-0.4, -0.2) is 54.2 Å². The van der Waals surface area contributed by atoms with E-state index in [1.165, 1.54) is 4.90 Å². The fraction of sp³-hybridized carbons (Fsp3) is 0.533. The minimum absolute atomic E-state index is 0.161. The van der Waals surface area contributed by atoms with Crippen LogP contribution < -0.4 is 0 Å². The first-order chi connectivity index (χ1) is 9.06. The van der Waals surface area contributed by atoms with Crippen molar-refractivity contribution in [3.63, 3.8) is 0 Å². The van der Waals surface area contributed by atoms with E-state index in [1.54, 1.807) is 0 Å². The summed E-state index contributed by atoms with van der Waals surface area (Å²) in [6.07, 6.45) is 0. The Morgan fingerprint density at radius 1 is 1.11 bits per heavy atom. The number of amides is 1. The monoisotopic (exact) mass is 278 g/mol. The predicted octanol–water partition coefficient (Wildman–Crippen LogP) is 2.57. The van der Waals surface area contributed by atoms with Crippen molar-refractivity contribution < 1.29 is 4.79 Å². The number of piperazine rings is 1. The van der Waals surface area contributed by atoms with Gasteiger partial charge in [-0.15, -0.1) is 11.8 Å². The predicted molar refractivity (Wildman–Crippen MR) is 80.8 cm³/mol. The van der Waals surface area contributed by atoms with Crippen molar-refractivity contribution in [1.29, 1.82) is 0 Å². The van der Waals surface area contributed by atoms with E-state index in [1.807, 2.05) is 40.9 Å². The van der Waals surface area contributed by atoms with E-state index < -0.39 is 0 Å². The molecule has 1 amide bonds. The van der Waals surface area contributed by atoms with E-state index in [2.05, 4.69) is 25.8 Å². The number of nitrogens with zero attached hydrogens (tertiary/aromatic N) is 2. The first kappa shape index (κ1) is 14.4. The van der Waals surface area contributed by atoms with Crippen LogP contribution in [0.15, 0.2) is 29.2 Å². The highest BCUT2D eigenvalue weighted by atomic mass is 32.2. The van der Waals surface area contributed by atoms with E-state index in [-0.39, 0.29) is 5.91 Å². The Hall–Kier alpha value is -1.00. The lowest BCUT2D eigenvalue weighted by Crippen LogP contribution is -2.47. The van der Waals surface area contributed by atoms with Gasteiger partial charge >= 0.3 is 0 Å². The number of thioether (sulfide) groups is 1. The molecule has 2 rings (SSSR count). The molecule has 0 bridgehead atoms. The maximum Gasteiger partial charge on any atom is 0.253 e. The Morgan fingerprint density at radius 3 is 2.21 bits per heavy atom. The molecule has 0 saturated carbocycles. The van der Waals surface area contributed by atoms with Gasteiger partial charge in [0.05, 0.1) is 0 Å². The molecule has 19 heavy (non-hydrogen) atoms. The van der Waals surface area contributed by atoms with Crippen LogP contribution in [0.2, 0.25) is 0 Å². The van der Waals surface area contributed by atoms with E-state index in [0.29, 0.717) is 5.25 Å². The van der Waals surface area contributed by atoms with Crippen molar-refractivity contribution in [3.05, 3.63) is 29.8 Å². The van der Waals surface area contributed by atoms with Gasteiger partial charge in [-0.1, -0.05) is 13.8 Å². The summed E-state index contributed by atoms with van der Waals surface area (Å²) in [5, 5.41) is 0.569. The van der Waals surface area contributed by atoms with Gasteiger partial charge in [0, 0.05) is 41.9 Å². The molecule has 3 nitrogen and oxygen atoms in total. The van der Waals surface area contributed by atoms with Gasteiger partial charge in [0.1, 0.15) is 0 Å². The summed E-state index contributed by atoms with van der Waals surface area (Å²) >= 11 is 1.82. The molecule has 0 N–H and O–H groups in total. The zero-order valence-corrected chi connectivity index (χ0v) is 12.7. The summed E-state index contributed by atoms with van der Waals surface area (Å²) in [6, 6.07) is 8.00. The Bertz CT molecular complexity index is 422. The first-order valence-electron chi connectivity index (χ1n) is 6.81. The average Bonchev–Trinajstić information content (AvgIpc) is 2.39. The maximum absolute atomic E-state index is 12.3. The summed E-state index contributed by atoms with van der Waals surface area (Å²) in [5.41, 5.74) is 0.803. The van der Waals surface area contributed by atoms with Crippen LogP contribution in [0.4, 0.5) is 0 Å². The number of carbonyl (C=O) groups excluding carboxylic acids is 1. The van der Waals surface area contributed by atoms with Crippen LogP contribution in [-0.2, 0) is 0 Å². The molecule has 0 atom stereocenters. The highest BCUT2D eigenvalue weighted by Crippen LogP contribution is 2.23. The largest absolute Gasteiger partial charge is 0.336 e. The van der Waals surface area contributed by atoms with Crippen molar-refractivity contribution in [2.45, 2.75) is 24.0 Å². The summed E-state index contributed by atoms with van der Waals surface area (Å²) in [4.78, 5) is 17.8. The lowest BCUT2D eigenvalue weighted by Gasteiger charge is -2.32. The lowest BCUT2D eigenvalue weighted by atomic mass is 10.2. The van der Waals surface area contributed by atoms with Gasteiger partial charge in [0.25, 0.3) is 5.91 Å². The van der Waals surface area contributed by atoms with E-state index in [0.717, 1.165) is 31.7 Å². The van der Waals surface area contributed by atoms with Gasteiger partial charge in [0.15, 0.2) is 0 Å². The van der Waals surface area contributed by atoms with E-state index >= 15 is 0 Å². The van der Waals surface area contributed by atoms with E-state index in [9.17, 15) is 4.79 Å². The fourth-order valence-corrected chi connectivity index (χ4v) is 2.98. The van der Waals surface area contributed by atoms with Crippen LogP contribution in [0.25, 0.3) is 0 Å². The molecule has 0 aliphatic carbocycles. The third kappa shape index (κ3) is 3.98. The summed E-state index contributed by atoms with van der Waals surface area (Å²) in [7, 11) is 2.10. The molecular weight excluding hydrogens is 256 g/mol. The van der Waals surface area contributed by atoms with Crippen molar-refractivity contribution in [3.8, 4) is 0 Å². The summed E-state index contributed by atoms with van der Waals surface area (Å²) < 4.78 is 0. The molecule has 0 unspecified atom stereocenters. The van der Waals surface area contributed by atoms with Gasteiger partial charge in [0.2, 0.25) is 0 Å². The second kappa shape index (κ2) is 6.44. The Balaban J connectivity index is 1.99. The zero-order valence-electron chi connectivity index (χ0n) is 11.9. The minimum Gasteiger partial charge on any atom is -0.336 e. The fourth-order valence-electron chi connectivity index (χ4n) is 2.14. The van der Waals surface area contributed by atoms with E-state index in [4.69, 9.17) is 0 Å². The number of rotatable bonds is 3. The maximum atomic E-state index is 12.3. The smallest absolute Gasteiger partial charge is 0.253 e. The molecule has 1 heterocycles. The molecule has 1 aliphatic rings. The van der Waals surface area contributed by atoms with Gasteiger partial charge in [-0.25, -0.2) is 0 Å². The van der Waals surface area contributed by atoms with Gasteiger partial charge in [-0.2, -0.15) is 0 Å². The molecule has 104 valence electrons. The Labute approximate surface area is 120 Å². The van der Waals surface area contributed by atoms with Crippen LogP contribution in [0.1, 0.15) is 24.2 Å². The quantitative estimate of drug-likeness (QED) is 0.794. The minimum atomic E-state index is 0.161. The van der Waals surface area contributed by atoms with Gasteiger partial charge in [-0.05, 0) is 31.3 Å². The van der Waals surface area contributed by atoms with Gasteiger partial charge < -0.3 is 9.80 Å². The SMILES string of the molecule is CC(C)Sc1ccc(C(=O)N2CCN(C)CC2)cc1.